The summed E-state index contributed by atoms with van der Waals surface area (Å²) < 4.78 is 0. The van der Waals surface area contributed by atoms with Crippen LogP contribution in [0.4, 0.5) is 0 Å². The summed E-state index contributed by atoms with van der Waals surface area (Å²) in [6, 6.07) is 3.19. The van der Waals surface area contributed by atoms with E-state index in [1.165, 1.54) is 25.9 Å². The Morgan fingerprint density at radius 1 is 1.00 bits per heavy atom. The molecular weight excluding hydrogens is 186 g/mol. The van der Waals surface area contributed by atoms with E-state index in [0.717, 1.165) is 32.0 Å². The average molecular weight is 207 g/mol. The highest BCUT2D eigenvalue weighted by Crippen LogP contribution is 2.22. The van der Waals surface area contributed by atoms with E-state index in [-0.39, 0.29) is 0 Å². The highest BCUT2D eigenvalue weighted by Gasteiger charge is 2.26. The summed E-state index contributed by atoms with van der Waals surface area (Å²) in [6.07, 6.45) is 4.80. The lowest BCUT2D eigenvalue weighted by molar-refractivity contribution is 0.0938. The third kappa shape index (κ3) is 2.70. The predicted molar refractivity (Wildman–Crippen MR) is 60.4 cm³/mol. The van der Waals surface area contributed by atoms with E-state index in [2.05, 4.69) is 22.9 Å². The first kappa shape index (κ1) is 10.9. The van der Waals surface area contributed by atoms with E-state index in [9.17, 15) is 0 Å². The van der Waals surface area contributed by atoms with Gasteiger partial charge in [0.25, 0.3) is 0 Å². The summed E-state index contributed by atoms with van der Waals surface area (Å²) in [6.45, 7) is 4.77. The topological polar surface area (TPSA) is 30.3 Å². The summed E-state index contributed by atoms with van der Waals surface area (Å²) in [4.78, 5) is 5.03. The molecule has 3 nitrogen and oxygen atoms in total. The van der Waals surface area contributed by atoms with Gasteiger partial charge in [-0.2, -0.15) is 5.26 Å². The standard InChI is InChI=1S/C12H21N3/c1-14-6-4-12(5-7-14)15-8-2-11(10-13)3-9-15/h11-12H,2-9H2,1H3. The fourth-order valence-corrected chi connectivity index (χ4v) is 2.75. The number of piperidine rings is 2. The zero-order valence-electron chi connectivity index (χ0n) is 9.65. The molecule has 15 heavy (non-hydrogen) atoms. The van der Waals surface area contributed by atoms with Crippen molar-refractivity contribution in [3.05, 3.63) is 0 Å². The number of likely N-dealkylation sites (tertiary alicyclic amines) is 2. The zero-order valence-corrected chi connectivity index (χ0v) is 9.65. The van der Waals surface area contributed by atoms with E-state index >= 15 is 0 Å². The van der Waals surface area contributed by atoms with E-state index < -0.39 is 0 Å². The second-order valence-electron chi connectivity index (χ2n) is 4.97. The van der Waals surface area contributed by atoms with Crippen molar-refractivity contribution in [3.63, 3.8) is 0 Å². The van der Waals surface area contributed by atoms with Gasteiger partial charge in [-0.3, -0.25) is 0 Å². The highest BCUT2D eigenvalue weighted by molar-refractivity contribution is 4.90. The van der Waals surface area contributed by atoms with Gasteiger partial charge in [0.05, 0.1) is 6.07 Å². The number of nitrogens with zero attached hydrogens (tertiary/aromatic N) is 3. The highest BCUT2D eigenvalue weighted by atomic mass is 15.2. The van der Waals surface area contributed by atoms with Crippen LogP contribution >= 0.6 is 0 Å². The molecule has 0 unspecified atom stereocenters. The molecule has 3 heteroatoms. The Bertz CT molecular complexity index is 230. The van der Waals surface area contributed by atoms with E-state index in [1.54, 1.807) is 0 Å². The fraction of sp³-hybridized carbons (Fsp3) is 0.917. The summed E-state index contributed by atoms with van der Waals surface area (Å²) >= 11 is 0. The van der Waals surface area contributed by atoms with Crippen molar-refractivity contribution in [1.29, 1.82) is 5.26 Å². The Morgan fingerprint density at radius 2 is 1.60 bits per heavy atom. The van der Waals surface area contributed by atoms with Gasteiger partial charge < -0.3 is 9.80 Å². The Morgan fingerprint density at radius 3 is 2.13 bits per heavy atom. The van der Waals surface area contributed by atoms with Crippen LogP contribution in [0.1, 0.15) is 25.7 Å². The van der Waals surface area contributed by atoms with Gasteiger partial charge in [-0.25, -0.2) is 0 Å². The molecular formula is C12H21N3. The largest absolute Gasteiger partial charge is 0.306 e. The third-order valence-electron chi connectivity index (χ3n) is 3.92. The number of rotatable bonds is 1. The maximum Gasteiger partial charge on any atom is 0.0656 e. The smallest absolute Gasteiger partial charge is 0.0656 e. The van der Waals surface area contributed by atoms with Crippen LogP contribution < -0.4 is 0 Å². The number of nitriles is 1. The van der Waals surface area contributed by atoms with Crippen LogP contribution in [-0.4, -0.2) is 49.1 Å². The van der Waals surface area contributed by atoms with Gasteiger partial charge in [0, 0.05) is 12.0 Å². The van der Waals surface area contributed by atoms with E-state index in [4.69, 9.17) is 5.26 Å². The van der Waals surface area contributed by atoms with Gasteiger partial charge in [-0.05, 0) is 58.9 Å². The molecule has 2 rings (SSSR count). The van der Waals surface area contributed by atoms with Gasteiger partial charge >= 0.3 is 0 Å². The molecule has 0 aromatic heterocycles. The molecule has 2 aliphatic heterocycles. The van der Waals surface area contributed by atoms with Crippen LogP contribution in [0.5, 0.6) is 0 Å². The fourth-order valence-electron chi connectivity index (χ4n) is 2.75. The molecule has 0 bridgehead atoms. The lowest BCUT2D eigenvalue weighted by Crippen LogP contribution is -2.46. The quantitative estimate of drug-likeness (QED) is 0.649. The normalized spacial score (nSPS) is 27.7. The summed E-state index contributed by atoms with van der Waals surface area (Å²) in [5.41, 5.74) is 0. The molecule has 0 aromatic rings. The maximum absolute atomic E-state index is 8.85. The molecule has 2 aliphatic rings. The summed E-state index contributed by atoms with van der Waals surface area (Å²) in [5.74, 6) is 0.326. The van der Waals surface area contributed by atoms with Crippen molar-refractivity contribution in [2.45, 2.75) is 31.7 Å². The molecule has 2 saturated heterocycles. The first-order chi connectivity index (χ1) is 7.29. The van der Waals surface area contributed by atoms with Crippen molar-refractivity contribution in [2.75, 3.05) is 33.2 Å². The summed E-state index contributed by atoms with van der Waals surface area (Å²) in [7, 11) is 2.21. The second kappa shape index (κ2) is 4.96. The molecule has 0 aliphatic carbocycles. The SMILES string of the molecule is CN1CCC(N2CCC(C#N)CC2)CC1. The van der Waals surface area contributed by atoms with Crippen LogP contribution in [0, 0.1) is 17.2 Å². The first-order valence-corrected chi connectivity index (χ1v) is 6.12. The monoisotopic (exact) mass is 207 g/mol. The van der Waals surface area contributed by atoms with Crippen LogP contribution in [0.3, 0.4) is 0 Å². The van der Waals surface area contributed by atoms with Gasteiger partial charge in [-0.1, -0.05) is 0 Å². The minimum Gasteiger partial charge on any atom is -0.306 e. The Hall–Kier alpha value is -0.590. The number of hydrogen-bond donors (Lipinski definition) is 0. The third-order valence-corrected chi connectivity index (χ3v) is 3.92. The van der Waals surface area contributed by atoms with Gasteiger partial charge in [0.2, 0.25) is 0 Å². The zero-order chi connectivity index (χ0) is 10.7. The van der Waals surface area contributed by atoms with Crippen molar-refractivity contribution < 1.29 is 0 Å². The predicted octanol–water partition coefficient (Wildman–Crippen LogP) is 1.32. The van der Waals surface area contributed by atoms with Crippen molar-refractivity contribution >= 4 is 0 Å². The van der Waals surface area contributed by atoms with Gasteiger partial charge in [-0.15, -0.1) is 0 Å². The maximum atomic E-state index is 8.85. The van der Waals surface area contributed by atoms with Crippen molar-refractivity contribution in [1.82, 2.24) is 9.80 Å². The van der Waals surface area contributed by atoms with Crippen LogP contribution in [0.2, 0.25) is 0 Å². The van der Waals surface area contributed by atoms with Crippen molar-refractivity contribution in [3.8, 4) is 6.07 Å². The Balaban J connectivity index is 1.78. The lowest BCUT2D eigenvalue weighted by Gasteiger charge is -2.40. The second-order valence-corrected chi connectivity index (χ2v) is 4.97. The van der Waals surface area contributed by atoms with E-state index in [1.807, 2.05) is 0 Å². The van der Waals surface area contributed by atoms with Gasteiger partial charge in [0.15, 0.2) is 0 Å². The van der Waals surface area contributed by atoms with Crippen LogP contribution in [0.25, 0.3) is 0 Å². The Labute approximate surface area is 92.7 Å². The minimum atomic E-state index is 0.326. The average Bonchev–Trinajstić information content (AvgIpc) is 2.30. The molecule has 0 aromatic carbocycles. The molecule has 0 amide bonds. The first-order valence-electron chi connectivity index (χ1n) is 6.12. The number of hydrogen-bond acceptors (Lipinski definition) is 3. The molecule has 2 fully saturated rings. The molecule has 0 radical (unpaired) electrons. The molecule has 0 N–H and O–H groups in total. The van der Waals surface area contributed by atoms with Gasteiger partial charge in [0.1, 0.15) is 0 Å². The molecule has 0 atom stereocenters. The van der Waals surface area contributed by atoms with Crippen molar-refractivity contribution in [2.24, 2.45) is 5.92 Å². The molecule has 2 heterocycles. The molecule has 0 saturated carbocycles. The van der Waals surface area contributed by atoms with Crippen LogP contribution in [0.15, 0.2) is 0 Å². The minimum absolute atomic E-state index is 0.326. The summed E-state index contributed by atoms with van der Waals surface area (Å²) in [5, 5.41) is 8.85. The van der Waals surface area contributed by atoms with E-state index in [0.29, 0.717) is 5.92 Å². The van der Waals surface area contributed by atoms with Crippen LogP contribution in [-0.2, 0) is 0 Å². The Kier molecular flexibility index (Phi) is 3.61. The molecule has 0 spiro atoms. The molecule has 84 valence electrons. The lowest BCUT2D eigenvalue weighted by atomic mass is 9.95.